The smallest absolute Gasteiger partial charge is 0.393 e. The van der Waals surface area contributed by atoms with E-state index in [0.717, 1.165) is 44.9 Å². The Balaban J connectivity index is 2.58. The van der Waals surface area contributed by atoms with E-state index in [4.69, 9.17) is 9.05 Å². The molecule has 340 valence electrons. The van der Waals surface area contributed by atoms with Crippen LogP contribution in [0.4, 0.5) is 0 Å². The number of aliphatic hydroxyl groups excluding tert-OH is 7. The Morgan fingerprint density at radius 3 is 1.52 bits per heavy atom. The highest BCUT2D eigenvalue weighted by Gasteiger charge is 2.51. The van der Waals surface area contributed by atoms with Gasteiger partial charge in [-0.3, -0.25) is 13.8 Å². The number of nitrogens with one attached hydrogen (secondary N) is 1. The summed E-state index contributed by atoms with van der Waals surface area (Å²) in [4.78, 5) is 23.3. The molecule has 8 atom stereocenters. The minimum atomic E-state index is -5.15. The average molecular weight is 848 g/mol. The van der Waals surface area contributed by atoms with Gasteiger partial charge in [-0.05, 0) is 44.9 Å². The first-order chi connectivity index (χ1) is 27.8. The van der Waals surface area contributed by atoms with Crippen molar-refractivity contribution < 1.29 is 59.0 Å². The molecule has 0 aromatic rings. The second-order valence-electron chi connectivity index (χ2n) is 16.1. The third-order valence-corrected chi connectivity index (χ3v) is 11.7. The molecule has 0 radical (unpaired) electrons. The molecule has 0 aliphatic heterocycles. The van der Waals surface area contributed by atoms with Crippen molar-refractivity contribution in [1.29, 1.82) is 0 Å². The quantitative estimate of drug-likeness (QED) is 0.0177. The van der Waals surface area contributed by atoms with Crippen molar-refractivity contribution in [2.75, 3.05) is 6.61 Å². The molecule has 1 amide bonds. The van der Waals surface area contributed by atoms with Crippen LogP contribution in [0.25, 0.3) is 0 Å². The van der Waals surface area contributed by atoms with Crippen LogP contribution in [0.3, 0.4) is 0 Å². The molecule has 0 bridgehead atoms. The van der Waals surface area contributed by atoms with Crippen molar-refractivity contribution in [1.82, 2.24) is 5.32 Å². The highest BCUT2D eigenvalue weighted by molar-refractivity contribution is 7.47. The zero-order chi connectivity index (χ0) is 43.0. The molecule has 1 aliphatic rings. The van der Waals surface area contributed by atoms with Gasteiger partial charge in [0.1, 0.15) is 36.6 Å². The molecule has 1 aliphatic carbocycles. The second kappa shape index (κ2) is 34.1. The summed E-state index contributed by atoms with van der Waals surface area (Å²) < 4.78 is 22.8. The van der Waals surface area contributed by atoms with Gasteiger partial charge in [0.2, 0.25) is 5.91 Å². The van der Waals surface area contributed by atoms with Crippen LogP contribution < -0.4 is 5.32 Å². The maximum atomic E-state index is 12.9. The number of unbranched alkanes of at least 4 members (excludes halogenated alkanes) is 19. The van der Waals surface area contributed by atoms with E-state index in [1.807, 2.05) is 0 Å². The summed E-state index contributed by atoms with van der Waals surface area (Å²) in [6.07, 6.45) is 24.1. The topological polar surface area (TPSA) is 226 Å². The first-order valence-corrected chi connectivity index (χ1v) is 24.0. The lowest BCUT2D eigenvalue weighted by Crippen LogP contribution is -2.64. The van der Waals surface area contributed by atoms with Gasteiger partial charge in [0, 0.05) is 0 Å². The first-order valence-electron chi connectivity index (χ1n) is 22.5. The molecule has 58 heavy (non-hydrogen) atoms. The number of rotatable bonds is 36. The van der Waals surface area contributed by atoms with Crippen LogP contribution in [-0.4, -0.2) is 108 Å². The largest absolute Gasteiger partial charge is 0.472 e. The lowest BCUT2D eigenvalue weighted by atomic mass is 9.85. The van der Waals surface area contributed by atoms with Gasteiger partial charge in [0.15, 0.2) is 0 Å². The van der Waals surface area contributed by atoms with Crippen molar-refractivity contribution in [3.63, 3.8) is 0 Å². The van der Waals surface area contributed by atoms with Crippen molar-refractivity contribution in [3.05, 3.63) is 36.5 Å². The molecular formula is C44H82NO12P. The van der Waals surface area contributed by atoms with Crippen LogP contribution in [0.2, 0.25) is 0 Å². The standard InChI is InChI=1S/C44H82NO12P/c1-3-5-7-9-11-13-14-15-16-17-18-19-20-21-22-23-24-26-28-30-32-37(47)36(45-38(48)33-35(46)31-29-27-25-12-10-8-6-4-2)34-56-58(54,55)57-44-42(52)40(50)39(49)41(51)43(44)53/h19-20,23-24,30,32,35-37,39-44,46-47,49-53H,3-18,21-22,25-29,31,33-34H2,1-2H3,(H,45,48)(H,54,55)/b20-19+,24-23+,32-30+. The van der Waals surface area contributed by atoms with Crippen LogP contribution in [0.5, 0.6) is 0 Å². The molecule has 13 nitrogen and oxygen atoms in total. The van der Waals surface area contributed by atoms with Gasteiger partial charge in [0.25, 0.3) is 0 Å². The van der Waals surface area contributed by atoms with Crippen molar-refractivity contribution in [3.8, 4) is 0 Å². The maximum Gasteiger partial charge on any atom is 0.472 e. The fraction of sp³-hybridized carbons (Fsp3) is 0.841. The third kappa shape index (κ3) is 26.0. The monoisotopic (exact) mass is 848 g/mol. The molecule has 0 saturated heterocycles. The lowest BCUT2D eigenvalue weighted by Gasteiger charge is -2.41. The lowest BCUT2D eigenvalue weighted by molar-refractivity contribution is -0.220. The molecule has 1 rings (SSSR count). The van der Waals surface area contributed by atoms with Gasteiger partial charge in [-0.15, -0.1) is 0 Å². The summed E-state index contributed by atoms with van der Waals surface area (Å²) in [6, 6.07) is -1.26. The Labute approximate surface area is 349 Å². The maximum absolute atomic E-state index is 12.9. The van der Waals surface area contributed by atoms with Crippen LogP contribution in [-0.2, 0) is 18.4 Å². The first kappa shape index (κ1) is 54.5. The summed E-state index contributed by atoms with van der Waals surface area (Å²) in [7, 11) is -5.15. The molecule has 1 fully saturated rings. The summed E-state index contributed by atoms with van der Waals surface area (Å²) >= 11 is 0. The molecule has 0 heterocycles. The highest BCUT2D eigenvalue weighted by atomic mass is 31.2. The fourth-order valence-corrected chi connectivity index (χ4v) is 7.94. The van der Waals surface area contributed by atoms with Gasteiger partial charge in [0.05, 0.1) is 31.3 Å². The van der Waals surface area contributed by atoms with Crippen LogP contribution in [0.15, 0.2) is 36.5 Å². The summed E-state index contributed by atoms with van der Waals surface area (Å²) in [5.74, 6) is -0.611. The second-order valence-corrected chi connectivity index (χ2v) is 17.5. The Morgan fingerprint density at radius 2 is 1.02 bits per heavy atom. The van der Waals surface area contributed by atoms with Gasteiger partial charge < -0.3 is 46.0 Å². The van der Waals surface area contributed by atoms with Crippen LogP contribution >= 0.6 is 7.82 Å². The molecule has 0 aromatic heterocycles. The predicted molar refractivity (Wildman–Crippen MR) is 229 cm³/mol. The Kier molecular flexibility index (Phi) is 32.1. The molecule has 8 unspecified atom stereocenters. The van der Waals surface area contributed by atoms with E-state index in [2.05, 4.69) is 43.5 Å². The predicted octanol–water partition coefficient (Wildman–Crippen LogP) is 6.97. The number of hydrogen-bond donors (Lipinski definition) is 9. The van der Waals surface area contributed by atoms with Crippen LogP contribution in [0.1, 0.15) is 174 Å². The normalized spacial score (nSPS) is 24.1. The number of hydrogen-bond acceptors (Lipinski definition) is 11. The van der Waals surface area contributed by atoms with E-state index in [1.165, 1.54) is 96.0 Å². The summed E-state index contributed by atoms with van der Waals surface area (Å²) in [5.41, 5.74) is 0. The Morgan fingerprint density at radius 1 is 0.603 bits per heavy atom. The molecule has 0 spiro atoms. The van der Waals surface area contributed by atoms with Gasteiger partial charge in [-0.25, -0.2) is 4.57 Å². The van der Waals surface area contributed by atoms with E-state index < -0.39 is 75.2 Å². The van der Waals surface area contributed by atoms with Gasteiger partial charge in [-0.2, -0.15) is 0 Å². The Bertz CT molecular complexity index is 1140. The van der Waals surface area contributed by atoms with E-state index in [9.17, 15) is 50.0 Å². The minimum absolute atomic E-state index is 0.255. The van der Waals surface area contributed by atoms with E-state index in [-0.39, 0.29) is 6.42 Å². The zero-order valence-corrected chi connectivity index (χ0v) is 36.6. The molecule has 9 N–H and O–H groups in total. The number of amides is 1. The SMILES string of the molecule is CCCCCCCCCCCC/C=C/CC/C=C/CC/C=C/C(O)C(COP(=O)(O)OC1C(O)C(O)C(O)C(O)C1O)NC(=O)CC(O)CCCCCCCCCC. The van der Waals surface area contributed by atoms with Crippen molar-refractivity contribution >= 4 is 13.7 Å². The molecule has 14 heteroatoms. The summed E-state index contributed by atoms with van der Waals surface area (Å²) in [5, 5.41) is 74.2. The fourth-order valence-electron chi connectivity index (χ4n) is 6.98. The number of allylic oxidation sites excluding steroid dienone is 5. The van der Waals surface area contributed by atoms with Gasteiger partial charge >= 0.3 is 7.82 Å². The van der Waals surface area contributed by atoms with E-state index in [0.29, 0.717) is 19.3 Å². The van der Waals surface area contributed by atoms with Crippen molar-refractivity contribution in [2.24, 2.45) is 0 Å². The number of phosphoric ester groups is 1. The number of carbonyl (C=O) groups is 1. The summed E-state index contributed by atoms with van der Waals surface area (Å²) in [6.45, 7) is 3.67. The third-order valence-electron chi connectivity index (χ3n) is 10.7. The highest BCUT2D eigenvalue weighted by Crippen LogP contribution is 2.47. The number of phosphoric acid groups is 1. The molecular weight excluding hydrogens is 765 g/mol. The van der Waals surface area contributed by atoms with E-state index in [1.54, 1.807) is 6.08 Å². The van der Waals surface area contributed by atoms with Crippen molar-refractivity contribution in [2.45, 2.75) is 229 Å². The van der Waals surface area contributed by atoms with Crippen LogP contribution in [0, 0.1) is 0 Å². The van der Waals surface area contributed by atoms with E-state index >= 15 is 0 Å². The average Bonchev–Trinajstić information content (AvgIpc) is 3.19. The van der Waals surface area contributed by atoms with Gasteiger partial charge in [-0.1, -0.05) is 159 Å². The Hall–Kier alpha value is -1.48. The number of carbonyl (C=O) groups excluding carboxylic acids is 1. The molecule has 1 saturated carbocycles. The molecule has 0 aromatic carbocycles. The minimum Gasteiger partial charge on any atom is -0.393 e. The zero-order valence-electron chi connectivity index (χ0n) is 35.7. The number of aliphatic hydroxyl groups is 7.